The second-order valence-corrected chi connectivity index (χ2v) is 15.8. The molecule has 0 aliphatic carbocycles. The van der Waals surface area contributed by atoms with E-state index in [2.05, 4.69) is 29.1 Å². The summed E-state index contributed by atoms with van der Waals surface area (Å²) in [5.41, 5.74) is 11.1. The summed E-state index contributed by atoms with van der Waals surface area (Å²) in [4.78, 5) is 55.9. The molecule has 0 radical (unpaired) electrons. The van der Waals surface area contributed by atoms with Crippen LogP contribution in [0.1, 0.15) is 190 Å². The molecule has 56 heavy (non-hydrogen) atoms. The summed E-state index contributed by atoms with van der Waals surface area (Å²) in [7, 11) is 0. The lowest BCUT2D eigenvalue weighted by molar-refractivity contribution is -0.150. The maximum Gasteiger partial charge on any atom is 0.330 e. The zero-order valence-corrected chi connectivity index (χ0v) is 34.9. The van der Waals surface area contributed by atoms with Crippen molar-refractivity contribution in [1.29, 1.82) is 0 Å². The van der Waals surface area contributed by atoms with Gasteiger partial charge in [0.25, 0.3) is 11.5 Å². The second-order valence-electron chi connectivity index (χ2n) is 15.8. The van der Waals surface area contributed by atoms with E-state index in [1.54, 1.807) is 17.8 Å². The molecule has 0 saturated carbocycles. The molecule has 1 amide bonds. The number of hydrogen-bond donors (Lipinski definition) is 3. The molecule has 3 rings (SSSR count). The third-order valence-corrected chi connectivity index (χ3v) is 11.0. The van der Waals surface area contributed by atoms with Crippen molar-refractivity contribution in [2.75, 3.05) is 26.2 Å². The van der Waals surface area contributed by atoms with Crippen molar-refractivity contribution < 1.29 is 19.1 Å². The third-order valence-electron chi connectivity index (χ3n) is 11.0. The number of ether oxygens (including phenoxy) is 2. The number of amides is 1. The lowest BCUT2D eigenvalue weighted by atomic mass is 10.1. The molecule has 318 valence electrons. The van der Waals surface area contributed by atoms with Crippen molar-refractivity contribution in [3.8, 4) is 0 Å². The molecule has 5 N–H and O–H groups in total. The Bertz CT molecular complexity index is 1480. The first kappa shape index (κ1) is 47.0. The normalized spacial score (nSPS) is 17.3. The predicted octanol–water partition coefficient (Wildman–Crippen LogP) is 6.86. The summed E-state index contributed by atoms with van der Waals surface area (Å²) in [5, 5.41) is 8.69. The molecule has 14 nitrogen and oxygen atoms in total. The highest BCUT2D eigenvalue weighted by Gasteiger charge is 2.40. The minimum absolute atomic E-state index is 0.153. The Morgan fingerprint density at radius 2 is 1.39 bits per heavy atom. The fraction of sp³-hybridized carbons (Fsp3) is 0.810. The van der Waals surface area contributed by atoms with E-state index >= 15 is 0 Å². The van der Waals surface area contributed by atoms with Gasteiger partial charge < -0.3 is 25.8 Å². The Morgan fingerprint density at radius 1 is 0.857 bits per heavy atom. The van der Waals surface area contributed by atoms with Crippen LogP contribution in [0, 0.1) is 6.92 Å². The van der Waals surface area contributed by atoms with Crippen molar-refractivity contribution in [2.45, 2.75) is 193 Å². The Morgan fingerprint density at radius 3 is 1.93 bits per heavy atom. The van der Waals surface area contributed by atoms with Gasteiger partial charge in [-0.25, -0.2) is 9.48 Å². The Balaban J connectivity index is 1.67. The van der Waals surface area contributed by atoms with Crippen LogP contribution in [0.15, 0.2) is 22.0 Å². The van der Waals surface area contributed by atoms with Gasteiger partial charge in [0.15, 0.2) is 5.69 Å². The molecule has 3 heterocycles. The van der Waals surface area contributed by atoms with Crippen molar-refractivity contribution >= 4 is 11.9 Å². The van der Waals surface area contributed by atoms with Gasteiger partial charge in [0, 0.05) is 31.3 Å². The largest absolute Gasteiger partial charge is 0.462 e. The molecular formula is C42H74N8O6. The van der Waals surface area contributed by atoms with Crippen LogP contribution in [0.3, 0.4) is 0 Å². The molecule has 2 aromatic heterocycles. The van der Waals surface area contributed by atoms with E-state index in [-0.39, 0.29) is 24.6 Å². The van der Waals surface area contributed by atoms with Crippen LogP contribution in [0.4, 0.5) is 0 Å². The van der Waals surface area contributed by atoms with E-state index in [4.69, 9.17) is 20.9 Å². The number of aryl methyl sites for hydroxylation is 1. The van der Waals surface area contributed by atoms with Crippen LogP contribution in [-0.4, -0.2) is 79.7 Å². The fourth-order valence-electron chi connectivity index (χ4n) is 7.44. The second kappa shape index (κ2) is 27.3. The zero-order chi connectivity index (χ0) is 40.5. The molecule has 14 heteroatoms. The van der Waals surface area contributed by atoms with Gasteiger partial charge >= 0.3 is 11.7 Å². The number of carbonyl (C=O) groups is 2. The van der Waals surface area contributed by atoms with Gasteiger partial charge in [-0.2, -0.15) is 0 Å². The molecule has 2 aromatic rings. The lowest BCUT2D eigenvalue weighted by Crippen LogP contribution is -2.36. The maximum absolute atomic E-state index is 14.0. The highest BCUT2D eigenvalue weighted by atomic mass is 16.6. The summed E-state index contributed by atoms with van der Waals surface area (Å²) >= 11 is 0. The molecule has 0 bridgehead atoms. The van der Waals surface area contributed by atoms with Crippen LogP contribution < -0.4 is 22.7 Å². The van der Waals surface area contributed by atoms with Gasteiger partial charge in [-0.3, -0.25) is 23.9 Å². The van der Waals surface area contributed by atoms with Gasteiger partial charge in [-0.05, 0) is 39.2 Å². The Kier molecular flexibility index (Phi) is 22.9. The molecule has 1 aliphatic rings. The molecule has 1 fully saturated rings. The van der Waals surface area contributed by atoms with E-state index < -0.39 is 41.6 Å². The summed E-state index contributed by atoms with van der Waals surface area (Å²) in [6.07, 6.45) is 27.3. The van der Waals surface area contributed by atoms with Gasteiger partial charge in [0.1, 0.15) is 25.0 Å². The number of rotatable bonds is 31. The molecule has 0 spiro atoms. The van der Waals surface area contributed by atoms with Crippen LogP contribution in [-0.2, 0) is 14.3 Å². The number of carbonyl (C=O) groups excluding carboxylic acids is 2. The van der Waals surface area contributed by atoms with Gasteiger partial charge in [0.2, 0.25) is 0 Å². The molecule has 1 saturated heterocycles. The zero-order valence-electron chi connectivity index (χ0n) is 34.9. The minimum atomic E-state index is -0.827. The van der Waals surface area contributed by atoms with Gasteiger partial charge in [0.05, 0.1) is 12.2 Å². The van der Waals surface area contributed by atoms with E-state index in [9.17, 15) is 19.2 Å². The maximum atomic E-state index is 14.0. The topological polar surface area (TPSA) is 193 Å². The quantitative estimate of drug-likeness (QED) is 0.0537. The van der Waals surface area contributed by atoms with E-state index in [1.165, 1.54) is 113 Å². The molecule has 4 atom stereocenters. The first-order valence-electron chi connectivity index (χ1n) is 22.0. The predicted molar refractivity (Wildman–Crippen MR) is 220 cm³/mol. The number of nitrogens with one attached hydrogen (secondary N) is 1. The number of H-pyrrole nitrogens is 1. The van der Waals surface area contributed by atoms with Crippen LogP contribution in [0.25, 0.3) is 0 Å². The average Bonchev–Trinajstić information content (AvgIpc) is 3.85. The number of nitrogens with two attached hydrogens (primary N) is 2. The highest BCUT2D eigenvalue weighted by molar-refractivity contribution is 5.91. The Labute approximate surface area is 334 Å². The molecular weight excluding hydrogens is 713 g/mol. The van der Waals surface area contributed by atoms with Gasteiger partial charge in [-0.1, -0.05) is 135 Å². The number of nitrogens with zero attached hydrogens (tertiary/aromatic N) is 5. The molecule has 0 unspecified atom stereocenters. The molecule has 1 aliphatic heterocycles. The van der Waals surface area contributed by atoms with Crippen LogP contribution >= 0.6 is 0 Å². The van der Waals surface area contributed by atoms with E-state index in [0.29, 0.717) is 38.0 Å². The van der Waals surface area contributed by atoms with Gasteiger partial charge in [-0.15, -0.1) is 5.10 Å². The summed E-state index contributed by atoms with van der Waals surface area (Å²) in [6, 6.07) is -1.36. The first-order valence-corrected chi connectivity index (χ1v) is 22.0. The number of aromatic amines is 1. The Hall–Kier alpha value is -3.36. The van der Waals surface area contributed by atoms with Crippen molar-refractivity contribution in [1.82, 2.24) is 29.4 Å². The van der Waals surface area contributed by atoms with E-state index in [1.807, 2.05) is 4.90 Å². The average molecular weight is 787 g/mol. The highest BCUT2D eigenvalue weighted by Crippen LogP contribution is 2.36. The summed E-state index contributed by atoms with van der Waals surface area (Å²) < 4.78 is 14.7. The lowest BCUT2D eigenvalue weighted by Gasteiger charge is -2.22. The minimum Gasteiger partial charge on any atom is -0.462 e. The van der Waals surface area contributed by atoms with Crippen molar-refractivity contribution in [3.63, 3.8) is 0 Å². The number of unbranched alkanes of at least 4 members (excludes halogenated alkanes) is 18. The molecule has 0 aromatic carbocycles. The van der Waals surface area contributed by atoms with E-state index in [0.717, 1.165) is 25.7 Å². The van der Waals surface area contributed by atoms with Crippen molar-refractivity contribution in [2.24, 2.45) is 11.5 Å². The number of aromatic nitrogens is 5. The number of esters is 1. The smallest absolute Gasteiger partial charge is 0.330 e. The first-order chi connectivity index (χ1) is 27.2. The van der Waals surface area contributed by atoms with Crippen LogP contribution in [0.5, 0.6) is 0 Å². The SMILES string of the molecule is CCCCCCCCCCCCN(CCCCCCCCCCCC)C(=O)c1cn([C@H]2C[C@H](n3cc(C)c(=O)[nH]c3=O)O[C@@H]2COC(=O)[C@@H](N)CCCN)nn1. The summed E-state index contributed by atoms with van der Waals surface area (Å²) in [5.74, 6) is -0.731. The summed E-state index contributed by atoms with van der Waals surface area (Å²) in [6.45, 7) is 7.70. The standard InChI is InChI=1S/C42H74N8O6/c1-4-6-8-10-12-14-16-18-20-22-27-48(28-23-21-19-17-15-13-11-9-7-5-2)40(52)35-31-50(47-46-35)36-29-38(49-30-33(3)39(51)45-42(49)54)56-37(36)32-55-41(53)34(44)25-24-26-43/h30-31,34,36-38H,4-29,32,43-44H2,1-3H3,(H,45,51,54)/t34-,36-,37+,38+/m0/s1. The third kappa shape index (κ3) is 16.6. The fourth-order valence-corrected chi connectivity index (χ4v) is 7.44. The number of hydrogen-bond acceptors (Lipinski definition) is 10. The monoisotopic (exact) mass is 787 g/mol. The van der Waals surface area contributed by atoms with Crippen LogP contribution in [0.2, 0.25) is 0 Å². The van der Waals surface area contributed by atoms with Crippen molar-refractivity contribution in [3.05, 3.63) is 44.5 Å².